The van der Waals surface area contributed by atoms with Gasteiger partial charge < -0.3 is 5.11 Å². The van der Waals surface area contributed by atoms with Crippen molar-refractivity contribution in [3.8, 4) is 0 Å². The zero-order chi connectivity index (χ0) is 11.8. The first-order valence-electron chi connectivity index (χ1n) is 5.14. The molecule has 0 saturated heterocycles. The minimum atomic E-state index is -2.72. The highest BCUT2D eigenvalue weighted by atomic mass is 32.1. The molecule has 0 spiro atoms. The molecule has 0 aromatic carbocycles. The minimum absolute atomic E-state index is 0.0604. The van der Waals surface area contributed by atoms with Crippen molar-refractivity contribution in [3.63, 3.8) is 0 Å². The number of alkyl halides is 2. The van der Waals surface area contributed by atoms with Crippen molar-refractivity contribution in [2.24, 2.45) is 5.92 Å². The van der Waals surface area contributed by atoms with Gasteiger partial charge in [0.1, 0.15) is 0 Å². The van der Waals surface area contributed by atoms with Gasteiger partial charge in [-0.15, -0.1) is 11.3 Å². The van der Waals surface area contributed by atoms with Gasteiger partial charge in [0.15, 0.2) is 0 Å². The van der Waals surface area contributed by atoms with Crippen LogP contribution in [-0.4, -0.2) is 17.0 Å². The topological polar surface area (TPSA) is 37.3 Å². The van der Waals surface area contributed by atoms with E-state index in [1.165, 1.54) is 11.3 Å². The molecule has 0 aliphatic heterocycles. The second kappa shape index (κ2) is 4.13. The third kappa shape index (κ3) is 2.24. The number of hydrogen-bond donors (Lipinski definition) is 1. The average molecular weight is 246 g/mol. The summed E-state index contributed by atoms with van der Waals surface area (Å²) < 4.78 is 26.6. The molecule has 5 heteroatoms. The average Bonchev–Trinajstić information content (AvgIpc) is 2.68. The van der Waals surface area contributed by atoms with E-state index in [1.807, 2.05) is 0 Å². The van der Waals surface area contributed by atoms with E-state index in [0.29, 0.717) is 0 Å². The van der Waals surface area contributed by atoms with Crippen LogP contribution in [0.5, 0.6) is 0 Å². The highest BCUT2D eigenvalue weighted by Gasteiger charge is 2.45. The molecular formula is C11H12F2O2S. The van der Waals surface area contributed by atoms with E-state index >= 15 is 0 Å². The molecule has 1 heterocycles. The van der Waals surface area contributed by atoms with Crippen LogP contribution in [0, 0.1) is 5.92 Å². The van der Waals surface area contributed by atoms with Crippen molar-refractivity contribution >= 4 is 17.3 Å². The van der Waals surface area contributed by atoms with Crippen LogP contribution in [0.2, 0.25) is 0 Å². The van der Waals surface area contributed by atoms with Gasteiger partial charge in [-0.1, -0.05) is 6.07 Å². The van der Waals surface area contributed by atoms with Crippen molar-refractivity contribution in [2.45, 2.75) is 31.1 Å². The first-order chi connectivity index (χ1) is 7.49. The molecule has 2 atom stereocenters. The summed E-state index contributed by atoms with van der Waals surface area (Å²) in [6.45, 7) is 0. The quantitative estimate of drug-likeness (QED) is 0.868. The second-order valence-corrected chi connectivity index (χ2v) is 5.14. The third-order valence-electron chi connectivity index (χ3n) is 3.05. The van der Waals surface area contributed by atoms with Gasteiger partial charge in [0, 0.05) is 23.6 Å². The fourth-order valence-corrected chi connectivity index (χ4v) is 3.12. The fraction of sp³-hybridized carbons (Fsp3) is 0.545. The van der Waals surface area contributed by atoms with Crippen molar-refractivity contribution in [3.05, 3.63) is 22.4 Å². The molecule has 2 rings (SSSR count). The lowest BCUT2D eigenvalue weighted by atomic mass is 9.76. The molecule has 0 amide bonds. The van der Waals surface area contributed by atoms with Gasteiger partial charge in [0.05, 0.1) is 5.92 Å². The third-order valence-corrected chi connectivity index (χ3v) is 4.06. The number of hydrogen-bond acceptors (Lipinski definition) is 2. The Morgan fingerprint density at radius 1 is 1.56 bits per heavy atom. The maximum absolute atomic E-state index is 13.3. The van der Waals surface area contributed by atoms with Crippen molar-refractivity contribution in [1.29, 1.82) is 0 Å². The second-order valence-electron chi connectivity index (χ2n) is 4.17. The Bertz CT molecular complexity index is 375. The Labute approximate surface area is 95.9 Å². The zero-order valence-electron chi connectivity index (χ0n) is 8.53. The van der Waals surface area contributed by atoms with Crippen LogP contribution in [0.3, 0.4) is 0 Å². The lowest BCUT2D eigenvalue weighted by Gasteiger charge is -2.33. The van der Waals surface area contributed by atoms with Gasteiger partial charge in [0.2, 0.25) is 5.92 Å². The molecule has 1 aromatic rings. The Morgan fingerprint density at radius 2 is 2.31 bits per heavy atom. The first-order valence-corrected chi connectivity index (χ1v) is 6.01. The SMILES string of the molecule is O=C(O)C1CCC(F)(F)CC1c1cccs1. The molecule has 2 unspecified atom stereocenters. The molecule has 16 heavy (non-hydrogen) atoms. The number of thiophene rings is 1. The maximum Gasteiger partial charge on any atom is 0.307 e. The number of carboxylic acid groups (broad SMARTS) is 1. The van der Waals surface area contributed by atoms with E-state index in [4.69, 9.17) is 5.11 Å². The van der Waals surface area contributed by atoms with Crippen LogP contribution in [0.4, 0.5) is 8.78 Å². The molecule has 0 bridgehead atoms. The van der Waals surface area contributed by atoms with Gasteiger partial charge >= 0.3 is 5.97 Å². The fourth-order valence-electron chi connectivity index (χ4n) is 2.23. The minimum Gasteiger partial charge on any atom is -0.481 e. The number of carbonyl (C=O) groups is 1. The number of carboxylic acids is 1. The van der Waals surface area contributed by atoms with Gasteiger partial charge in [-0.3, -0.25) is 4.79 Å². The van der Waals surface area contributed by atoms with Gasteiger partial charge in [-0.05, 0) is 17.9 Å². The van der Waals surface area contributed by atoms with Gasteiger partial charge in [-0.25, -0.2) is 8.78 Å². The smallest absolute Gasteiger partial charge is 0.307 e. The van der Waals surface area contributed by atoms with E-state index in [-0.39, 0.29) is 19.3 Å². The molecule has 1 aliphatic rings. The van der Waals surface area contributed by atoms with E-state index in [2.05, 4.69) is 0 Å². The zero-order valence-corrected chi connectivity index (χ0v) is 9.34. The molecule has 1 aliphatic carbocycles. The van der Waals surface area contributed by atoms with Crippen LogP contribution in [-0.2, 0) is 4.79 Å². The molecule has 1 aromatic heterocycles. The highest BCUT2D eigenvalue weighted by Crippen LogP contribution is 2.46. The maximum atomic E-state index is 13.3. The predicted molar refractivity (Wildman–Crippen MR) is 57.0 cm³/mol. The first kappa shape index (κ1) is 11.5. The molecular weight excluding hydrogens is 234 g/mol. The summed E-state index contributed by atoms with van der Waals surface area (Å²) in [4.78, 5) is 11.8. The lowest BCUT2D eigenvalue weighted by molar-refractivity contribution is -0.147. The van der Waals surface area contributed by atoms with Gasteiger partial charge in [-0.2, -0.15) is 0 Å². The van der Waals surface area contributed by atoms with Crippen molar-refractivity contribution < 1.29 is 18.7 Å². The molecule has 1 saturated carbocycles. The van der Waals surface area contributed by atoms with Crippen LogP contribution in [0.15, 0.2) is 17.5 Å². The van der Waals surface area contributed by atoms with E-state index in [9.17, 15) is 13.6 Å². The summed E-state index contributed by atoms with van der Waals surface area (Å²) in [6, 6.07) is 3.51. The number of aliphatic carboxylic acids is 1. The molecule has 1 N–H and O–H groups in total. The monoisotopic (exact) mass is 246 g/mol. The van der Waals surface area contributed by atoms with Crippen LogP contribution in [0.25, 0.3) is 0 Å². The molecule has 1 fully saturated rings. The lowest BCUT2D eigenvalue weighted by Crippen LogP contribution is -2.34. The van der Waals surface area contributed by atoms with Crippen molar-refractivity contribution in [1.82, 2.24) is 0 Å². The Kier molecular flexibility index (Phi) is 2.97. The summed E-state index contributed by atoms with van der Waals surface area (Å²) >= 11 is 1.35. The summed E-state index contributed by atoms with van der Waals surface area (Å²) in [7, 11) is 0. The molecule has 0 radical (unpaired) electrons. The highest BCUT2D eigenvalue weighted by molar-refractivity contribution is 7.10. The van der Waals surface area contributed by atoms with Crippen LogP contribution >= 0.6 is 11.3 Å². The summed E-state index contributed by atoms with van der Waals surface area (Å²) in [5, 5.41) is 10.8. The Hall–Kier alpha value is -0.970. The Balaban J connectivity index is 2.25. The molecule has 2 nitrogen and oxygen atoms in total. The summed E-state index contributed by atoms with van der Waals surface area (Å²) in [5.41, 5.74) is 0. The normalized spacial score (nSPS) is 28.9. The van der Waals surface area contributed by atoms with E-state index in [0.717, 1.165) is 4.88 Å². The van der Waals surface area contributed by atoms with Crippen molar-refractivity contribution in [2.75, 3.05) is 0 Å². The summed E-state index contributed by atoms with van der Waals surface area (Å²) in [5.74, 6) is -4.89. The van der Waals surface area contributed by atoms with Crippen LogP contribution in [0.1, 0.15) is 30.1 Å². The van der Waals surface area contributed by atoms with E-state index < -0.39 is 23.7 Å². The standard InChI is InChI=1S/C11H12F2O2S/c12-11(13)4-3-7(10(14)15)8(6-11)9-2-1-5-16-9/h1-2,5,7-8H,3-4,6H2,(H,14,15). The van der Waals surface area contributed by atoms with E-state index in [1.54, 1.807) is 17.5 Å². The summed E-state index contributed by atoms with van der Waals surface area (Å²) in [6.07, 6.45) is -0.596. The molecule has 88 valence electrons. The van der Waals surface area contributed by atoms with Crippen LogP contribution < -0.4 is 0 Å². The number of halogens is 2. The number of rotatable bonds is 2. The predicted octanol–water partition coefficient (Wildman–Crippen LogP) is 3.35. The largest absolute Gasteiger partial charge is 0.481 e. The van der Waals surface area contributed by atoms with Gasteiger partial charge in [0.25, 0.3) is 0 Å². The Morgan fingerprint density at radius 3 is 2.88 bits per heavy atom.